The van der Waals surface area contributed by atoms with Crippen molar-refractivity contribution in [2.24, 2.45) is 11.8 Å². The molecule has 1 aliphatic heterocycles. The molecular formula is C20H30N2O3S. The van der Waals surface area contributed by atoms with Gasteiger partial charge in [-0.1, -0.05) is 31.4 Å². The largest absolute Gasteiger partial charge is 0.342 e. The molecular weight excluding hydrogens is 348 g/mol. The van der Waals surface area contributed by atoms with Gasteiger partial charge in [0.1, 0.15) is 0 Å². The minimum Gasteiger partial charge on any atom is -0.342 e. The summed E-state index contributed by atoms with van der Waals surface area (Å²) in [5.41, 5.74) is 1.62. The molecule has 1 saturated heterocycles. The first-order chi connectivity index (χ1) is 12.4. The number of aryl methyl sites for hydroxylation is 2. The Morgan fingerprint density at radius 2 is 1.88 bits per heavy atom. The van der Waals surface area contributed by atoms with E-state index in [9.17, 15) is 13.2 Å². The zero-order valence-corrected chi connectivity index (χ0v) is 16.6. The molecule has 1 aliphatic carbocycles. The Morgan fingerprint density at radius 1 is 1.15 bits per heavy atom. The summed E-state index contributed by atoms with van der Waals surface area (Å²) in [7, 11) is -3.58. The maximum atomic E-state index is 12.5. The first-order valence-corrected chi connectivity index (χ1v) is 11.2. The van der Waals surface area contributed by atoms with Crippen LogP contribution in [0.2, 0.25) is 0 Å². The summed E-state index contributed by atoms with van der Waals surface area (Å²) >= 11 is 0. The van der Waals surface area contributed by atoms with Gasteiger partial charge in [-0.15, -0.1) is 0 Å². The van der Waals surface area contributed by atoms with Crippen molar-refractivity contribution in [3.63, 3.8) is 0 Å². The highest BCUT2D eigenvalue weighted by Gasteiger charge is 2.32. The van der Waals surface area contributed by atoms with E-state index in [-0.39, 0.29) is 18.9 Å². The Labute approximate surface area is 157 Å². The normalized spacial score (nSPS) is 23.5. The monoisotopic (exact) mass is 378 g/mol. The minimum atomic E-state index is -3.58. The van der Waals surface area contributed by atoms with Crippen LogP contribution in [0.4, 0.5) is 0 Å². The van der Waals surface area contributed by atoms with Crippen LogP contribution in [-0.4, -0.2) is 38.9 Å². The van der Waals surface area contributed by atoms with Gasteiger partial charge in [0, 0.05) is 26.1 Å². The average Bonchev–Trinajstić information content (AvgIpc) is 2.63. The van der Waals surface area contributed by atoms with E-state index in [4.69, 9.17) is 0 Å². The lowest BCUT2D eigenvalue weighted by Crippen LogP contribution is -2.45. The van der Waals surface area contributed by atoms with E-state index in [1.165, 1.54) is 25.7 Å². The zero-order valence-electron chi connectivity index (χ0n) is 15.8. The zero-order chi connectivity index (χ0) is 18.7. The summed E-state index contributed by atoms with van der Waals surface area (Å²) < 4.78 is 27.6. The number of carbonyl (C=O) groups is 1. The van der Waals surface area contributed by atoms with Gasteiger partial charge in [0.25, 0.3) is 0 Å². The van der Waals surface area contributed by atoms with Crippen molar-refractivity contribution >= 4 is 15.9 Å². The molecule has 144 valence electrons. The topological polar surface area (TPSA) is 66.5 Å². The molecule has 0 unspecified atom stereocenters. The second-order valence-corrected chi connectivity index (χ2v) is 9.59. The number of amides is 1. The Hall–Kier alpha value is -1.40. The highest BCUT2D eigenvalue weighted by Crippen LogP contribution is 2.36. The van der Waals surface area contributed by atoms with Crippen LogP contribution in [-0.2, 0) is 14.8 Å². The molecule has 1 aromatic carbocycles. The van der Waals surface area contributed by atoms with Gasteiger partial charge in [-0.05, 0) is 55.7 Å². The standard InChI is InChI=1S/C20H30N2O3S/c1-15-7-8-16(2)19(13-15)26(24,25)21-11-9-20(23)22-12-10-17-5-3-4-6-18(17)14-22/h7-8,13,17-18,21H,3-6,9-12,14H2,1-2H3/t17-,18-/m1/s1. The number of rotatable bonds is 5. The van der Waals surface area contributed by atoms with E-state index in [2.05, 4.69) is 4.72 Å². The number of fused-ring (bicyclic) bond motifs is 1. The summed E-state index contributed by atoms with van der Waals surface area (Å²) in [5, 5.41) is 0. The fourth-order valence-corrected chi connectivity index (χ4v) is 5.71. The van der Waals surface area contributed by atoms with Gasteiger partial charge in [-0.2, -0.15) is 0 Å². The molecule has 2 fully saturated rings. The quantitative estimate of drug-likeness (QED) is 0.856. The lowest BCUT2D eigenvalue weighted by molar-refractivity contribution is -0.134. The first-order valence-electron chi connectivity index (χ1n) is 9.71. The molecule has 2 aliphatic rings. The van der Waals surface area contributed by atoms with Crippen LogP contribution in [0.1, 0.15) is 49.7 Å². The van der Waals surface area contributed by atoms with E-state index in [1.54, 1.807) is 13.0 Å². The maximum Gasteiger partial charge on any atom is 0.240 e. The Bertz CT molecular complexity index is 760. The van der Waals surface area contributed by atoms with Gasteiger partial charge in [0.05, 0.1) is 4.90 Å². The third-order valence-corrected chi connectivity index (χ3v) is 7.51. The fourth-order valence-electron chi connectivity index (χ4n) is 4.35. The summed E-state index contributed by atoms with van der Waals surface area (Å²) in [6, 6.07) is 5.38. The van der Waals surface area contributed by atoms with Crippen molar-refractivity contribution in [3.8, 4) is 0 Å². The third kappa shape index (κ3) is 4.46. The lowest BCUT2D eigenvalue weighted by atomic mass is 9.75. The van der Waals surface area contributed by atoms with Crippen molar-refractivity contribution < 1.29 is 13.2 Å². The van der Waals surface area contributed by atoms with E-state index in [1.807, 2.05) is 24.0 Å². The number of nitrogens with one attached hydrogen (secondary N) is 1. The molecule has 1 heterocycles. The smallest absolute Gasteiger partial charge is 0.240 e. The van der Waals surface area contributed by atoms with E-state index >= 15 is 0 Å². The summed E-state index contributed by atoms with van der Waals surface area (Å²) in [6.07, 6.45) is 6.47. The van der Waals surface area contributed by atoms with Crippen LogP contribution >= 0.6 is 0 Å². The van der Waals surface area contributed by atoms with E-state index < -0.39 is 10.0 Å². The van der Waals surface area contributed by atoms with Gasteiger partial charge in [0.2, 0.25) is 15.9 Å². The molecule has 1 amide bonds. The number of likely N-dealkylation sites (tertiary alicyclic amines) is 1. The number of carbonyl (C=O) groups excluding carboxylic acids is 1. The molecule has 0 spiro atoms. The second-order valence-electron chi connectivity index (χ2n) is 7.85. The lowest BCUT2D eigenvalue weighted by Gasteiger charge is -2.41. The minimum absolute atomic E-state index is 0.0673. The van der Waals surface area contributed by atoms with Crippen LogP contribution in [0.25, 0.3) is 0 Å². The molecule has 0 aromatic heterocycles. The fraction of sp³-hybridized carbons (Fsp3) is 0.650. The summed E-state index contributed by atoms with van der Waals surface area (Å²) in [5.74, 6) is 1.50. The SMILES string of the molecule is Cc1ccc(C)c(S(=O)(=O)NCCC(=O)N2CC[C@H]3CCCC[C@@H]3C2)c1. The van der Waals surface area contributed by atoms with Crippen LogP contribution in [0.15, 0.2) is 23.1 Å². The molecule has 0 bridgehead atoms. The predicted molar refractivity (Wildman–Crippen MR) is 102 cm³/mol. The van der Waals surface area contributed by atoms with E-state index in [0.717, 1.165) is 31.0 Å². The number of sulfonamides is 1. The van der Waals surface area contributed by atoms with Crippen LogP contribution in [0.3, 0.4) is 0 Å². The van der Waals surface area contributed by atoms with Gasteiger partial charge in [0.15, 0.2) is 0 Å². The Balaban J connectivity index is 1.52. The molecule has 0 radical (unpaired) electrons. The first kappa shape index (κ1) is 19.4. The van der Waals surface area contributed by atoms with Gasteiger partial charge < -0.3 is 4.90 Å². The molecule has 1 N–H and O–H groups in total. The maximum absolute atomic E-state index is 12.5. The van der Waals surface area contributed by atoms with Crippen LogP contribution in [0, 0.1) is 25.7 Å². The number of nitrogens with zero attached hydrogens (tertiary/aromatic N) is 1. The number of hydrogen-bond acceptors (Lipinski definition) is 3. The van der Waals surface area contributed by atoms with Gasteiger partial charge >= 0.3 is 0 Å². The van der Waals surface area contributed by atoms with Crippen molar-refractivity contribution in [1.29, 1.82) is 0 Å². The van der Waals surface area contributed by atoms with E-state index in [0.29, 0.717) is 16.4 Å². The highest BCUT2D eigenvalue weighted by molar-refractivity contribution is 7.89. The van der Waals surface area contributed by atoms with Gasteiger partial charge in [-0.3, -0.25) is 4.79 Å². The number of hydrogen-bond donors (Lipinski definition) is 1. The van der Waals surface area contributed by atoms with Crippen molar-refractivity contribution in [2.45, 2.75) is 57.3 Å². The molecule has 6 heteroatoms. The van der Waals surface area contributed by atoms with Crippen LogP contribution < -0.4 is 4.72 Å². The Morgan fingerprint density at radius 3 is 2.65 bits per heavy atom. The highest BCUT2D eigenvalue weighted by atomic mass is 32.2. The van der Waals surface area contributed by atoms with Crippen molar-refractivity contribution in [1.82, 2.24) is 9.62 Å². The molecule has 1 aromatic rings. The third-order valence-electron chi connectivity index (χ3n) is 5.91. The molecule has 1 saturated carbocycles. The summed E-state index contributed by atoms with van der Waals surface area (Å²) in [6.45, 7) is 5.49. The molecule has 26 heavy (non-hydrogen) atoms. The molecule has 5 nitrogen and oxygen atoms in total. The van der Waals surface area contributed by atoms with Crippen molar-refractivity contribution in [2.75, 3.05) is 19.6 Å². The van der Waals surface area contributed by atoms with Crippen LogP contribution in [0.5, 0.6) is 0 Å². The average molecular weight is 379 g/mol. The van der Waals surface area contributed by atoms with Crippen molar-refractivity contribution in [3.05, 3.63) is 29.3 Å². The predicted octanol–water partition coefficient (Wildman–Crippen LogP) is 3.01. The Kier molecular flexibility index (Phi) is 6.03. The number of benzene rings is 1. The molecule has 2 atom stereocenters. The summed E-state index contributed by atoms with van der Waals surface area (Å²) in [4.78, 5) is 14.7. The van der Waals surface area contributed by atoms with Gasteiger partial charge in [-0.25, -0.2) is 13.1 Å². The second kappa shape index (κ2) is 8.09. The number of piperidine rings is 1. The molecule has 3 rings (SSSR count).